The number of piperidine rings is 1. The van der Waals surface area contributed by atoms with Crippen LogP contribution in [0.2, 0.25) is 0 Å². The number of hydrogen-bond donors (Lipinski definition) is 1. The number of phenols is 1. The Balaban J connectivity index is 2.12. The molecule has 5 nitrogen and oxygen atoms in total. The fourth-order valence-corrected chi connectivity index (χ4v) is 6.30. The summed E-state index contributed by atoms with van der Waals surface area (Å²) >= 11 is 3.71. The number of nitrogens with zero attached hydrogens (tertiary/aromatic N) is 1. The van der Waals surface area contributed by atoms with Gasteiger partial charge in [0.15, 0.2) is 11.5 Å². The Kier molecular flexibility index (Phi) is 6.47. The van der Waals surface area contributed by atoms with Crippen LogP contribution in [0.25, 0.3) is 0 Å². The van der Waals surface area contributed by atoms with Gasteiger partial charge in [-0.1, -0.05) is 35.7 Å². The van der Waals surface area contributed by atoms with Gasteiger partial charge in [-0.3, -0.25) is 0 Å². The summed E-state index contributed by atoms with van der Waals surface area (Å²) in [4.78, 5) is 14.4. The fourth-order valence-electron chi connectivity index (χ4n) is 5.61. The van der Waals surface area contributed by atoms with Crippen molar-refractivity contribution in [2.24, 2.45) is 5.92 Å². The molecule has 0 bridgehead atoms. The number of likely N-dealkylation sites (tertiary alicyclic amines) is 1. The maximum atomic E-state index is 12.5. The first-order valence-corrected chi connectivity index (χ1v) is 11.2. The quantitative estimate of drug-likeness (QED) is 0.662. The number of hydrogen-bond acceptors (Lipinski definition) is 4. The second-order valence-electron chi connectivity index (χ2n) is 8.01. The highest BCUT2D eigenvalue weighted by Crippen LogP contribution is 2.56. The van der Waals surface area contributed by atoms with Gasteiger partial charge >= 0.3 is 6.09 Å². The van der Waals surface area contributed by atoms with Crippen molar-refractivity contribution in [3.8, 4) is 11.5 Å². The number of phenolic OH excluding ortho intramolecular Hbond substituents is 1. The molecule has 0 aromatic heterocycles. The van der Waals surface area contributed by atoms with Crippen LogP contribution in [0, 0.1) is 5.92 Å². The number of rotatable bonds is 4. The van der Waals surface area contributed by atoms with Gasteiger partial charge in [0.1, 0.15) is 0 Å². The summed E-state index contributed by atoms with van der Waals surface area (Å²) in [5.41, 5.74) is 2.04. The molecule has 2 fully saturated rings. The molecule has 156 valence electrons. The number of methoxy groups -OCH3 is 1. The van der Waals surface area contributed by atoms with Crippen LogP contribution in [0.4, 0.5) is 4.79 Å². The molecule has 2 aliphatic rings. The largest absolute Gasteiger partial charge is 0.504 e. The van der Waals surface area contributed by atoms with Crippen LogP contribution in [0.15, 0.2) is 10.5 Å². The molecule has 0 spiro atoms. The number of fused-ring (bicyclic) bond motifs is 1. The monoisotopic (exact) mass is 453 g/mol. The van der Waals surface area contributed by atoms with E-state index in [-0.39, 0.29) is 29.2 Å². The first-order valence-electron chi connectivity index (χ1n) is 10.4. The van der Waals surface area contributed by atoms with Crippen LogP contribution in [-0.2, 0) is 16.6 Å². The molecule has 1 aliphatic heterocycles. The molecule has 3 rings (SSSR count). The van der Waals surface area contributed by atoms with E-state index < -0.39 is 0 Å². The fraction of sp³-hybridized carbons (Fsp3) is 0.682. The van der Waals surface area contributed by atoms with Crippen LogP contribution in [0.5, 0.6) is 11.5 Å². The third kappa shape index (κ3) is 3.38. The number of aromatic hydroxyl groups is 1. The molecule has 1 saturated heterocycles. The minimum atomic E-state index is -0.221. The van der Waals surface area contributed by atoms with Crippen molar-refractivity contribution >= 4 is 22.0 Å². The lowest BCUT2D eigenvalue weighted by molar-refractivity contribution is 0.00353. The summed E-state index contributed by atoms with van der Waals surface area (Å²) in [6.07, 6.45) is 5.81. The van der Waals surface area contributed by atoms with Gasteiger partial charge in [0.2, 0.25) is 0 Å². The van der Waals surface area contributed by atoms with E-state index in [9.17, 15) is 9.90 Å². The Morgan fingerprint density at radius 3 is 2.75 bits per heavy atom. The molecule has 3 unspecified atom stereocenters. The first kappa shape index (κ1) is 21.3. The third-order valence-corrected chi connectivity index (χ3v) is 7.57. The average Bonchev–Trinajstić information content (AvgIpc) is 2.69. The number of ether oxygens (including phenoxy) is 2. The Hall–Kier alpha value is -1.43. The zero-order valence-corrected chi connectivity index (χ0v) is 19.0. The van der Waals surface area contributed by atoms with Crippen LogP contribution >= 0.6 is 15.9 Å². The lowest BCUT2D eigenvalue weighted by Gasteiger charge is -2.54. The smallest absolute Gasteiger partial charge is 0.409 e. The van der Waals surface area contributed by atoms with E-state index in [1.165, 1.54) is 0 Å². The molecule has 1 heterocycles. The highest BCUT2D eigenvalue weighted by Gasteiger charge is 2.52. The lowest BCUT2D eigenvalue weighted by atomic mass is 9.56. The number of halogens is 1. The number of amides is 1. The summed E-state index contributed by atoms with van der Waals surface area (Å²) in [6.45, 7) is 7.14. The molecular formula is C22H32BrNO4. The molecule has 1 saturated carbocycles. The van der Waals surface area contributed by atoms with Crippen LogP contribution in [-0.4, -0.2) is 42.4 Å². The van der Waals surface area contributed by atoms with Crippen molar-refractivity contribution in [1.82, 2.24) is 4.90 Å². The topological polar surface area (TPSA) is 59.0 Å². The van der Waals surface area contributed by atoms with E-state index in [4.69, 9.17) is 9.47 Å². The Labute approximate surface area is 176 Å². The third-order valence-electron chi connectivity index (χ3n) is 6.86. The molecule has 1 aliphatic carbocycles. The minimum absolute atomic E-state index is 0.0715. The first-order chi connectivity index (χ1) is 13.4. The van der Waals surface area contributed by atoms with Crippen LogP contribution < -0.4 is 4.74 Å². The summed E-state index contributed by atoms with van der Waals surface area (Å²) in [7, 11) is 1.60. The maximum absolute atomic E-state index is 12.5. The number of carbonyl (C=O) groups excluding carboxylic acids is 1. The van der Waals surface area contributed by atoms with Crippen molar-refractivity contribution in [3.63, 3.8) is 0 Å². The SMILES string of the molecule is CCOC(=O)N1CCC2(c3c(O)c(OC)cc(Br)c3CC)CCCCC2C1C. The Morgan fingerprint density at radius 2 is 2.11 bits per heavy atom. The van der Waals surface area contributed by atoms with Gasteiger partial charge in [-0.25, -0.2) is 4.79 Å². The lowest BCUT2D eigenvalue weighted by Crippen LogP contribution is -2.58. The zero-order valence-electron chi connectivity index (χ0n) is 17.4. The minimum Gasteiger partial charge on any atom is -0.504 e. The Morgan fingerprint density at radius 1 is 1.36 bits per heavy atom. The van der Waals surface area contributed by atoms with Gasteiger partial charge in [0.05, 0.1) is 13.7 Å². The highest BCUT2D eigenvalue weighted by atomic mass is 79.9. The van der Waals surface area contributed by atoms with Gasteiger partial charge in [0, 0.05) is 28.0 Å². The maximum Gasteiger partial charge on any atom is 0.409 e. The normalized spacial score (nSPS) is 27.2. The molecule has 1 aromatic rings. The highest BCUT2D eigenvalue weighted by molar-refractivity contribution is 9.10. The van der Waals surface area contributed by atoms with Crippen molar-refractivity contribution in [2.45, 2.75) is 70.8 Å². The summed E-state index contributed by atoms with van der Waals surface area (Å²) in [6, 6.07) is 1.94. The number of carbonyl (C=O) groups is 1. The van der Waals surface area contributed by atoms with E-state index in [1.807, 2.05) is 17.9 Å². The van der Waals surface area contributed by atoms with Gasteiger partial charge in [-0.2, -0.15) is 0 Å². The molecule has 1 N–H and O–H groups in total. The van der Waals surface area contributed by atoms with Crippen molar-refractivity contribution in [3.05, 3.63) is 21.7 Å². The van der Waals surface area contributed by atoms with Crippen molar-refractivity contribution < 1.29 is 19.4 Å². The van der Waals surface area contributed by atoms with E-state index >= 15 is 0 Å². The second-order valence-corrected chi connectivity index (χ2v) is 8.86. The average molecular weight is 454 g/mol. The zero-order chi connectivity index (χ0) is 20.5. The molecule has 0 radical (unpaired) electrons. The van der Waals surface area contributed by atoms with Gasteiger partial charge in [-0.15, -0.1) is 0 Å². The molecule has 6 heteroatoms. The van der Waals surface area contributed by atoms with Crippen molar-refractivity contribution in [2.75, 3.05) is 20.3 Å². The van der Waals surface area contributed by atoms with E-state index in [0.717, 1.165) is 54.1 Å². The predicted octanol–water partition coefficient (Wildman–Crippen LogP) is 5.40. The van der Waals surface area contributed by atoms with E-state index in [2.05, 4.69) is 29.8 Å². The van der Waals surface area contributed by atoms with Crippen LogP contribution in [0.1, 0.15) is 64.0 Å². The summed E-state index contributed by atoms with van der Waals surface area (Å²) in [5.74, 6) is 1.07. The molecule has 3 atom stereocenters. The Bertz CT molecular complexity index is 738. The van der Waals surface area contributed by atoms with Gasteiger partial charge < -0.3 is 19.5 Å². The summed E-state index contributed by atoms with van der Waals surface area (Å²) < 4.78 is 11.8. The summed E-state index contributed by atoms with van der Waals surface area (Å²) in [5, 5.41) is 11.2. The van der Waals surface area contributed by atoms with Gasteiger partial charge in [0.25, 0.3) is 0 Å². The van der Waals surface area contributed by atoms with E-state index in [1.54, 1.807) is 7.11 Å². The molecule has 1 amide bonds. The second kappa shape index (κ2) is 8.52. The molecule has 1 aromatic carbocycles. The predicted molar refractivity (Wildman–Crippen MR) is 113 cm³/mol. The number of benzene rings is 1. The van der Waals surface area contributed by atoms with Crippen molar-refractivity contribution in [1.29, 1.82) is 0 Å². The van der Waals surface area contributed by atoms with Gasteiger partial charge in [-0.05, 0) is 57.1 Å². The standard InChI is InChI=1S/C22H32BrNO4/c1-5-15-17(23)13-18(27-4)20(25)19(15)22-10-8-7-9-16(22)14(3)24(12-11-22)21(26)28-6-2/h13-14,16,25H,5-12H2,1-4H3. The van der Waals surface area contributed by atoms with E-state index in [0.29, 0.717) is 18.9 Å². The molecule has 28 heavy (non-hydrogen) atoms. The van der Waals surface area contributed by atoms with Crippen LogP contribution in [0.3, 0.4) is 0 Å². The molecular weight excluding hydrogens is 422 g/mol.